The molecule has 2 amide bonds. The van der Waals surface area contributed by atoms with E-state index in [2.05, 4.69) is 26.2 Å². The van der Waals surface area contributed by atoms with E-state index in [9.17, 15) is 22.8 Å². The number of rotatable bonds is 4. The van der Waals surface area contributed by atoms with Crippen molar-refractivity contribution in [3.63, 3.8) is 0 Å². The van der Waals surface area contributed by atoms with Gasteiger partial charge in [0.2, 0.25) is 5.91 Å². The van der Waals surface area contributed by atoms with Crippen LogP contribution in [0.1, 0.15) is 53.0 Å². The van der Waals surface area contributed by atoms with Gasteiger partial charge >= 0.3 is 0 Å². The molecular formula is C19H16BrF3N4O2. The van der Waals surface area contributed by atoms with E-state index in [0.29, 0.717) is 17.1 Å². The molecule has 1 unspecified atom stereocenters. The number of hydrogen-bond donors (Lipinski definition) is 2. The number of carbonyl (C=O) groups is 2. The third-order valence-corrected chi connectivity index (χ3v) is 6.68. The average Bonchev–Trinajstić information content (AvgIpc) is 3.16. The van der Waals surface area contributed by atoms with Crippen LogP contribution in [-0.4, -0.2) is 27.3 Å². The molecule has 6 rings (SSSR count). The maximum absolute atomic E-state index is 14.1. The van der Waals surface area contributed by atoms with Crippen LogP contribution in [0.2, 0.25) is 0 Å². The number of nitrogens with zero attached hydrogens (tertiary/aromatic N) is 2. The van der Waals surface area contributed by atoms with E-state index >= 15 is 0 Å². The molecule has 2 saturated carbocycles. The lowest BCUT2D eigenvalue weighted by atomic mass is 9.75. The van der Waals surface area contributed by atoms with E-state index in [1.54, 1.807) is 6.07 Å². The quantitative estimate of drug-likeness (QED) is 0.721. The fourth-order valence-electron chi connectivity index (χ4n) is 4.35. The highest BCUT2D eigenvalue weighted by molar-refractivity contribution is 9.10. The average molecular weight is 469 g/mol. The SMILES string of the molecule is NC(=O)c1nc2n(c1CNC(=O)C1CC1(F)F)C1CC(C1)c1cc(F)c(Br)cc1-2. The predicted octanol–water partition coefficient (Wildman–Crippen LogP) is 3.25. The normalized spacial score (nSPS) is 25.3. The molecule has 4 aliphatic rings. The number of benzene rings is 1. The van der Waals surface area contributed by atoms with Crippen molar-refractivity contribution < 1.29 is 22.8 Å². The minimum atomic E-state index is -2.97. The highest BCUT2D eigenvalue weighted by Crippen LogP contribution is 2.53. The number of hydrogen-bond acceptors (Lipinski definition) is 3. The Morgan fingerprint density at radius 2 is 2.03 bits per heavy atom. The molecule has 29 heavy (non-hydrogen) atoms. The Labute approximate surface area is 171 Å². The van der Waals surface area contributed by atoms with Crippen LogP contribution in [0.4, 0.5) is 13.2 Å². The van der Waals surface area contributed by atoms with Gasteiger partial charge in [0, 0.05) is 18.0 Å². The predicted molar refractivity (Wildman–Crippen MR) is 99.8 cm³/mol. The summed E-state index contributed by atoms with van der Waals surface area (Å²) in [7, 11) is 0. The van der Waals surface area contributed by atoms with Crippen LogP contribution in [-0.2, 0) is 11.3 Å². The van der Waals surface area contributed by atoms with E-state index in [0.717, 1.165) is 18.4 Å². The zero-order chi connectivity index (χ0) is 20.7. The highest BCUT2D eigenvalue weighted by atomic mass is 79.9. The zero-order valence-corrected chi connectivity index (χ0v) is 16.6. The molecule has 10 heteroatoms. The fraction of sp³-hybridized carbons (Fsp3) is 0.421. The molecule has 2 aromatic rings. The van der Waals surface area contributed by atoms with Crippen LogP contribution in [0.15, 0.2) is 16.6 Å². The number of halogens is 4. The van der Waals surface area contributed by atoms with Crippen molar-refractivity contribution >= 4 is 27.7 Å². The van der Waals surface area contributed by atoms with E-state index in [1.807, 2.05) is 4.57 Å². The molecule has 152 valence electrons. The Morgan fingerprint density at radius 1 is 1.34 bits per heavy atom. The Bertz CT molecular complexity index is 1080. The number of aromatic nitrogens is 2. The number of nitrogens with two attached hydrogens (primary N) is 1. The summed E-state index contributed by atoms with van der Waals surface area (Å²) in [6.07, 6.45) is 0.998. The molecule has 0 saturated heterocycles. The van der Waals surface area contributed by atoms with Gasteiger partial charge < -0.3 is 15.6 Å². The lowest BCUT2D eigenvalue weighted by Gasteiger charge is -2.35. The topological polar surface area (TPSA) is 90.0 Å². The van der Waals surface area contributed by atoms with E-state index in [4.69, 9.17) is 5.73 Å². The molecule has 1 aromatic carbocycles. The number of imidazole rings is 1. The van der Waals surface area contributed by atoms with Gasteiger partial charge in [0.25, 0.3) is 11.8 Å². The van der Waals surface area contributed by atoms with Crippen molar-refractivity contribution in [1.82, 2.24) is 14.9 Å². The van der Waals surface area contributed by atoms with Crippen LogP contribution in [0.3, 0.4) is 0 Å². The third-order valence-electron chi connectivity index (χ3n) is 6.07. The van der Waals surface area contributed by atoms with Gasteiger partial charge in [-0.2, -0.15) is 0 Å². The smallest absolute Gasteiger partial charge is 0.269 e. The Morgan fingerprint density at radius 3 is 2.66 bits per heavy atom. The van der Waals surface area contributed by atoms with Crippen molar-refractivity contribution in [2.24, 2.45) is 11.7 Å². The lowest BCUT2D eigenvalue weighted by Crippen LogP contribution is -2.31. The number of carbonyl (C=O) groups excluding carboxylic acids is 2. The van der Waals surface area contributed by atoms with Crippen LogP contribution in [0, 0.1) is 11.7 Å². The van der Waals surface area contributed by atoms with Crippen LogP contribution < -0.4 is 11.1 Å². The van der Waals surface area contributed by atoms with Gasteiger partial charge in [-0.3, -0.25) is 9.59 Å². The van der Waals surface area contributed by atoms with Crippen LogP contribution >= 0.6 is 15.9 Å². The maximum atomic E-state index is 14.1. The van der Waals surface area contributed by atoms with Crippen molar-refractivity contribution in [1.29, 1.82) is 0 Å². The molecule has 3 heterocycles. The minimum absolute atomic E-state index is 0.0131. The molecule has 6 nitrogen and oxygen atoms in total. The number of nitrogens with one attached hydrogen (secondary N) is 1. The Balaban J connectivity index is 1.57. The first-order chi connectivity index (χ1) is 13.7. The summed E-state index contributed by atoms with van der Waals surface area (Å²) in [5, 5.41) is 2.49. The van der Waals surface area contributed by atoms with Crippen molar-refractivity contribution in [3.05, 3.63) is 39.4 Å². The molecule has 1 atom stereocenters. The van der Waals surface area contributed by atoms with Crippen molar-refractivity contribution in [3.8, 4) is 11.4 Å². The van der Waals surface area contributed by atoms with Gasteiger partial charge in [-0.15, -0.1) is 0 Å². The molecule has 2 bridgehead atoms. The molecule has 2 aliphatic heterocycles. The Hall–Kier alpha value is -2.36. The van der Waals surface area contributed by atoms with Gasteiger partial charge in [-0.1, -0.05) is 0 Å². The summed E-state index contributed by atoms with van der Waals surface area (Å²) in [5.74, 6) is -5.57. The molecule has 1 aromatic heterocycles. The standard InChI is InChI=1S/C19H16BrF3N4O2/c20-12-3-10-9(4-13(12)21)7-1-8(2-7)27-14(15(16(24)28)26-17(10)27)6-25-18(29)11-5-19(11,22)23/h3-4,7-8,11H,1-2,5-6H2,(H2,24,28)(H,25,29). The first-order valence-electron chi connectivity index (χ1n) is 9.23. The number of primary amides is 1. The summed E-state index contributed by atoms with van der Waals surface area (Å²) in [6, 6.07) is 3.12. The van der Waals surface area contributed by atoms with Crippen LogP contribution in [0.25, 0.3) is 11.4 Å². The minimum Gasteiger partial charge on any atom is -0.364 e. The number of alkyl halides is 2. The van der Waals surface area contributed by atoms with Gasteiger partial charge in [0.15, 0.2) is 5.69 Å². The monoisotopic (exact) mass is 468 g/mol. The summed E-state index contributed by atoms with van der Waals surface area (Å²) < 4.78 is 42.6. The molecule has 2 aliphatic carbocycles. The third kappa shape index (κ3) is 2.79. The van der Waals surface area contributed by atoms with Gasteiger partial charge in [-0.25, -0.2) is 18.2 Å². The summed E-state index contributed by atoms with van der Waals surface area (Å²) in [6.45, 7) is -0.129. The molecule has 0 radical (unpaired) electrons. The maximum Gasteiger partial charge on any atom is 0.269 e. The van der Waals surface area contributed by atoms with Crippen LogP contribution in [0.5, 0.6) is 0 Å². The fourth-order valence-corrected chi connectivity index (χ4v) is 4.70. The molecule has 0 spiro atoms. The van der Waals surface area contributed by atoms with Gasteiger partial charge in [-0.05, 0) is 52.4 Å². The molecule has 3 N–H and O–H groups in total. The van der Waals surface area contributed by atoms with Gasteiger partial charge in [0.05, 0.1) is 16.7 Å². The largest absolute Gasteiger partial charge is 0.364 e. The summed E-state index contributed by atoms with van der Waals surface area (Å²) in [4.78, 5) is 28.4. The lowest BCUT2D eigenvalue weighted by molar-refractivity contribution is -0.124. The molecule has 2 fully saturated rings. The number of amides is 2. The second kappa shape index (κ2) is 6.07. The van der Waals surface area contributed by atoms with Crippen molar-refractivity contribution in [2.75, 3.05) is 0 Å². The summed E-state index contributed by atoms with van der Waals surface area (Å²) in [5.41, 5.74) is 7.39. The van der Waals surface area contributed by atoms with E-state index < -0.39 is 30.1 Å². The Kier molecular flexibility index (Phi) is 3.90. The van der Waals surface area contributed by atoms with Crippen molar-refractivity contribution in [2.45, 2.75) is 43.7 Å². The first kappa shape index (κ1) is 18.7. The second-order valence-corrected chi connectivity index (χ2v) is 8.73. The highest BCUT2D eigenvalue weighted by Gasteiger charge is 2.61. The van der Waals surface area contributed by atoms with E-state index in [-0.39, 0.29) is 34.5 Å². The zero-order valence-electron chi connectivity index (χ0n) is 15.0. The van der Waals surface area contributed by atoms with E-state index in [1.165, 1.54) is 6.07 Å². The first-order valence-corrected chi connectivity index (χ1v) is 10.0. The molecular weight excluding hydrogens is 453 g/mol. The summed E-state index contributed by atoms with van der Waals surface area (Å²) >= 11 is 3.19. The second-order valence-electron chi connectivity index (χ2n) is 7.88. The van der Waals surface area contributed by atoms with Gasteiger partial charge in [0.1, 0.15) is 17.6 Å².